The Kier molecular flexibility index (Phi) is 2.78. The zero-order valence-electron chi connectivity index (χ0n) is 6.93. The van der Waals surface area contributed by atoms with Crippen molar-refractivity contribution in [2.24, 2.45) is 0 Å². The number of rotatable bonds is 2. The predicted octanol–water partition coefficient (Wildman–Crippen LogP) is 2.13. The fraction of sp³-hybridized carbons (Fsp3) is 0.222. The van der Waals surface area contributed by atoms with Crippen molar-refractivity contribution in [1.82, 2.24) is 0 Å². The highest BCUT2D eigenvalue weighted by atomic mass is 19.4. The van der Waals surface area contributed by atoms with E-state index in [9.17, 15) is 18.0 Å². The van der Waals surface area contributed by atoms with Gasteiger partial charge in [0.25, 0.3) is 0 Å². The number of alkyl halides is 3. The van der Waals surface area contributed by atoms with Crippen molar-refractivity contribution in [2.75, 3.05) is 0 Å². The average molecular weight is 203 g/mol. The lowest BCUT2D eigenvalue weighted by Gasteiger charge is -2.06. The van der Waals surface area contributed by atoms with E-state index >= 15 is 0 Å². The van der Waals surface area contributed by atoms with Crippen LogP contribution in [-0.4, -0.2) is 11.1 Å². The van der Waals surface area contributed by atoms with Gasteiger partial charge >= 0.3 is 12.1 Å². The fourth-order valence-electron chi connectivity index (χ4n) is 0.962. The molecule has 75 valence electrons. The molecular formula is C9H6F3O2. The first kappa shape index (κ1) is 10.6. The lowest BCUT2D eigenvalue weighted by Crippen LogP contribution is -2.07. The van der Waals surface area contributed by atoms with Crippen molar-refractivity contribution in [2.45, 2.75) is 12.6 Å². The lowest BCUT2D eigenvalue weighted by atomic mass is 10.1. The van der Waals surface area contributed by atoms with Crippen LogP contribution in [0.25, 0.3) is 0 Å². The molecule has 0 aliphatic carbocycles. The molecule has 0 fully saturated rings. The number of carbonyl (C=O) groups is 1. The zero-order chi connectivity index (χ0) is 10.8. The number of carboxylic acids is 1. The van der Waals surface area contributed by atoms with Crippen LogP contribution in [-0.2, 0) is 17.4 Å². The van der Waals surface area contributed by atoms with Gasteiger partial charge < -0.3 is 5.11 Å². The van der Waals surface area contributed by atoms with E-state index in [1.807, 2.05) is 0 Å². The molecule has 0 bridgehead atoms. The number of carboxylic acid groups (broad SMARTS) is 1. The molecule has 0 atom stereocenters. The van der Waals surface area contributed by atoms with Crippen LogP contribution in [0.4, 0.5) is 13.2 Å². The van der Waals surface area contributed by atoms with Crippen molar-refractivity contribution >= 4 is 5.97 Å². The standard InChI is InChI=1S/C9H6F3O2/c10-9(11,12)7-3-1-2-6(4-7)5-8(13)14/h2-4H,5H2,(H,13,14). The Hall–Kier alpha value is -1.52. The first-order valence-corrected chi connectivity index (χ1v) is 3.68. The largest absolute Gasteiger partial charge is 0.481 e. The molecule has 0 spiro atoms. The van der Waals surface area contributed by atoms with Gasteiger partial charge in [0, 0.05) is 0 Å². The smallest absolute Gasteiger partial charge is 0.416 e. The van der Waals surface area contributed by atoms with Crippen LogP contribution < -0.4 is 0 Å². The third-order valence-corrected chi connectivity index (χ3v) is 1.53. The van der Waals surface area contributed by atoms with Gasteiger partial charge in [0.15, 0.2) is 0 Å². The van der Waals surface area contributed by atoms with Crippen molar-refractivity contribution < 1.29 is 23.1 Å². The number of benzene rings is 1. The molecule has 0 aliphatic rings. The minimum atomic E-state index is -4.45. The van der Waals surface area contributed by atoms with Crippen molar-refractivity contribution in [3.8, 4) is 0 Å². The quantitative estimate of drug-likeness (QED) is 0.799. The summed E-state index contributed by atoms with van der Waals surface area (Å²) in [6.45, 7) is 0. The molecule has 1 aromatic rings. The molecule has 5 heteroatoms. The Labute approximate surface area is 78.0 Å². The van der Waals surface area contributed by atoms with E-state index in [0.717, 1.165) is 12.1 Å². The van der Waals surface area contributed by atoms with Gasteiger partial charge in [0.2, 0.25) is 0 Å². The van der Waals surface area contributed by atoms with Gasteiger partial charge in [0.1, 0.15) is 0 Å². The summed E-state index contributed by atoms with van der Waals surface area (Å²) in [7, 11) is 0. The second-order valence-electron chi connectivity index (χ2n) is 2.70. The average Bonchev–Trinajstić information content (AvgIpc) is 2.01. The maximum atomic E-state index is 12.1. The molecule has 14 heavy (non-hydrogen) atoms. The number of halogens is 3. The van der Waals surface area contributed by atoms with Crippen molar-refractivity contribution in [3.05, 3.63) is 35.4 Å². The van der Waals surface area contributed by atoms with Crippen LogP contribution in [0.3, 0.4) is 0 Å². The van der Waals surface area contributed by atoms with E-state index in [1.165, 1.54) is 6.07 Å². The van der Waals surface area contributed by atoms with Crippen molar-refractivity contribution in [1.29, 1.82) is 0 Å². The molecule has 0 amide bonds. The van der Waals surface area contributed by atoms with Crippen LogP contribution in [0, 0.1) is 6.07 Å². The van der Waals surface area contributed by atoms with Gasteiger partial charge in [-0.3, -0.25) is 4.79 Å². The maximum absolute atomic E-state index is 12.1. The molecule has 0 saturated carbocycles. The van der Waals surface area contributed by atoms with Crippen LogP contribution >= 0.6 is 0 Å². The first-order valence-electron chi connectivity index (χ1n) is 3.68. The third-order valence-electron chi connectivity index (χ3n) is 1.53. The van der Waals surface area contributed by atoms with E-state index in [2.05, 4.69) is 6.07 Å². The van der Waals surface area contributed by atoms with E-state index in [4.69, 9.17) is 5.11 Å². The van der Waals surface area contributed by atoms with Crippen molar-refractivity contribution in [3.63, 3.8) is 0 Å². The molecule has 1 radical (unpaired) electrons. The molecule has 0 aliphatic heterocycles. The summed E-state index contributed by atoms with van der Waals surface area (Å²) in [5.41, 5.74) is -0.788. The second kappa shape index (κ2) is 3.69. The predicted molar refractivity (Wildman–Crippen MR) is 41.6 cm³/mol. The summed E-state index contributed by atoms with van der Waals surface area (Å²) in [6.07, 6.45) is -4.88. The summed E-state index contributed by atoms with van der Waals surface area (Å²) in [6, 6.07) is 5.08. The number of aliphatic carboxylic acids is 1. The van der Waals surface area contributed by atoms with Crippen LogP contribution in [0.15, 0.2) is 18.2 Å². The first-order chi connectivity index (χ1) is 6.39. The number of hydrogen-bond acceptors (Lipinski definition) is 1. The summed E-state index contributed by atoms with van der Waals surface area (Å²) in [5.74, 6) is -1.17. The fourth-order valence-corrected chi connectivity index (χ4v) is 0.962. The highest BCUT2D eigenvalue weighted by molar-refractivity contribution is 5.70. The zero-order valence-corrected chi connectivity index (χ0v) is 6.93. The molecule has 0 heterocycles. The molecule has 1 rings (SSSR count). The van der Waals surface area contributed by atoms with Gasteiger partial charge in [-0.05, 0) is 23.8 Å². The van der Waals surface area contributed by atoms with E-state index in [1.54, 1.807) is 0 Å². The summed E-state index contributed by atoms with van der Waals surface area (Å²) in [4.78, 5) is 10.2. The van der Waals surface area contributed by atoms with Gasteiger partial charge in [-0.1, -0.05) is 6.07 Å². The molecule has 2 nitrogen and oxygen atoms in total. The maximum Gasteiger partial charge on any atom is 0.416 e. The number of hydrogen-bond donors (Lipinski definition) is 1. The van der Waals surface area contributed by atoms with Gasteiger partial charge in [-0.2, -0.15) is 13.2 Å². The Balaban J connectivity index is 2.95. The van der Waals surface area contributed by atoms with Crippen LogP contribution in [0.2, 0.25) is 0 Å². The SMILES string of the molecule is O=C(O)Cc1c[c]cc(C(F)(F)F)c1. The van der Waals surface area contributed by atoms with Gasteiger partial charge in [0.05, 0.1) is 12.0 Å². The molecule has 1 N–H and O–H groups in total. The molecular weight excluding hydrogens is 197 g/mol. The second-order valence-corrected chi connectivity index (χ2v) is 2.70. The Morgan fingerprint density at radius 3 is 2.57 bits per heavy atom. The van der Waals surface area contributed by atoms with Crippen LogP contribution in [0.1, 0.15) is 11.1 Å². The Morgan fingerprint density at radius 2 is 2.07 bits per heavy atom. The monoisotopic (exact) mass is 203 g/mol. The summed E-state index contributed by atoms with van der Waals surface area (Å²) < 4.78 is 36.4. The topological polar surface area (TPSA) is 37.3 Å². The third kappa shape index (κ3) is 2.76. The van der Waals surface area contributed by atoms with E-state index < -0.39 is 24.1 Å². The Bertz CT molecular complexity index is 344. The summed E-state index contributed by atoms with van der Waals surface area (Å²) >= 11 is 0. The molecule has 1 aromatic carbocycles. The lowest BCUT2D eigenvalue weighted by molar-refractivity contribution is -0.138. The molecule has 0 aromatic heterocycles. The van der Waals surface area contributed by atoms with Gasteiger partial charge in [-0.25, -0.2) is 0 Å². The van der Waals surface area contributed by atoms with E-state index in [0.29, 0.717) is 0 Å². The van der Waals surface area contributed by atoms with Crippen LogP contribution in [0.5, 0.6) is 0 Å². The van der Waals surface area contributed by atoms with Gasteiger partial charge in [-0.15, -0.1) is 0 Å². The van der Waals surface area contributed by atoms with E-state index in [-0.39, 0.29) is 5.56 Å². The highest BCUT2D eigenvalue weighted by Gasteiger charge is 2.30. The minimum Gasteiger partial charge on any atom is -0.481 e. The molecule has 0 saturated heterocycles. The molecule has 0 unspecified atom stereocenters. The highest BCUT2D eigenvalue weighted by Crippen LogP contribution is 2.29. The Morgan fingerprint density at radius 1 is 1.43 bits per heavy atom. The minimum absolute atomic E-state index is 0.0901. The normalized spacial score (nSPS) is 11.4. The summed E-state index contributed by atoms with van der Waals surface area (Å²) in [5, 5.41) is 8.37.